The lowest BCUT2D eigenvalue weighted by atomic mass is 9.98. The van der Waals surface area contributed by atoms with Crippen molar-refractivity contribution < 1.29 is 24.5 Å². The fourth-order valence-corrected chi connectivity index (χ4v) is 3.59. The number of nitrogens with zero attached hydrogens (tertiary/aromatic N) is 6. The molecule has 3 aromatic rings. The van der Waals surface area contributed by atoms with Crippen LogP contribution in [0.15, 0.2) is 36.7 Å². The van der Waals surface area contributed by atoms with Gasteiger partial charge in [0, 0.05) is 31.6 Å². The first-order valence-corrected chi connectivity index (χ1v) is 11.1. The lowest BCUT2D eigenvalue weighted by Gasteiger charge is -2.21. The number of hydrogen-bond donors (Lipinski definition) is 4. The Labute approximate surface area is 208 Å². The number of carboxylic acid groups (broad SMARTS) is 1. The van der Waals surface area contributed by atoms with Crippen molar-refractivity contribution in [1.29, 1.82) is 0 Å². The van der Waals surface area contributed by atoms with E-state index in [0.717, 1.165) is 0 Å². The normalized spacial score (nSPS) is 13.0. The quantitative estimate of drug-likeness (QED) is 0.322. The monoisotopic (exact) mass is 503 g/mol. The van der Waals surface area contributed by atoms with E-state index in [1.807, 2.05) is 13.8 Å². The average Bonchev–Trinajstić information content (AvgIpc) is 3.22. The molecule has 2 aromatic heterocycles. The second-order valence-electron chi connectivity index (χ2n) is 8.49. The fourth-order valence-electron chi connectivity index (χ4n) is 3.59. The number of carboxylic acids is 1. The van der Waals surface area contributed by atoms with Crippen LogP contribution in [-0.4, -0.2) is 65.3 Å². The van der Waals surface area contributed by atoms with Crippen molar-refractivity contribution in [2.75, 3.05) is 11.9 Å². The van der Waals surface area contributed by atoms with Gasteiger partial charge in [0.15, 0.2) is 0 Å². The number of hydrogen-bond acceptors (Lipinski definition) is 9. The van der Waals surface area contributed by atoms with Crippen LogP contribution in [0.2, 0.25) is 0 Å². The standard InChI is InChI=1S/C24H29FN6O4.H3N/c1-14(2)21-19(10-9-17(32)11-18(33)12-20(34)35)22(15-5-7-16(25)8-6-15)29-23(28-21)30(3)24-26-13-27-31(24)4;/h5-10,13-14,17-18,32-33H,11-12H2,1-4H3,(H,34,35);1H3/b10-9+;/t17-,18-;/m1./s1/i23+2;. The van der Waals surface area contributed by atoms with Crippen molar-refractivity contribution >= 4 is 23.9 Å². The molecule has 194 valence electrons. The van der Waals surface area contributed by atoms with E-state index in [1.165, 1.54) is 24.5 Å². The number of aliphatic carboxylic acids is 1. The zero-order valence-electron chi connectivity index (χ0n) is 20.7. The van der Waals surface area contributed by atoms with Crippen molar-refractivity contribution in [2.24, 2.45) is 7.05 Å². The number of aryl methyl sites for hydroxylation is 1. The third kappa shape index (κ3) is 6.90. The largest absolute Gasteiger partial charge is 0.481 e. The number of aliphatic hydroxyl groups excluding tert-OH is 2. The molecule has 11 nitrogen and oxygen atoms in total. The zero-order valence-corrected chi connectivity index (χ0v) is 20.7. The highest BCUT2D eigenvalue weighted by Gasteiger charge is 2.21. The van der Waals surface area contributed by atoms with Gasteiger partial charge in [0.2, 0.25) is 11.9 Å². The van der Waals surface area contributed by atoms with E-state index >= 15 is 0 Å². The number of carbonyl (C=O) groups is 1. The summed E-state index contributed by atoms with van der Waals surface area (Å²) in [6.45, 7) is 3.93. The third-order valence-corrected chi connectivity index (χ3v) is 5.32. The molecular weight excluding hydrogens is 471 g/mol. The first-order chi connectivity index (χ1) is 16.6. The van der Waals surface area contributed by atoms with Gasteiger partial charge in [-0.15, -0.1) is 0 Å². The topological polar surface area (TPSA) is 172 Å². The summed E-state index contributed by atoms with van der Waals surface area (Å²) in [7, 11) is 3.52. The van der Waals surface area contributed by atoms with Gasteiger partial charge >= 0.3 is 5.97 Å². The van der Waals surface area contributed by atoms with Crippen LogP contribution in [0.5, 0.6) is 0 Å². The maximum Gasteiger partial charge on any atom is 0.305 e. The van der Waals surface area contributed by atoms with Crippen LogP contribution >= 0.6 is 0 Å². The molecule has 12 heteroatoms. The van der Waals surface area contributed by atoms with Gasteiger partial charge in [-0.1, -0.05) is 26.0 Å². The molecule has 2 atom stereocenters. The molecule has 1 aromatic carbocycles. The van der Waals surface area contributed by atoms with Gasteiger partial charge in [0.25, 0.3) is 0 Å². The molecular formula is C24H32FN7O4. The number of halogens is 1. The van der Waals surface area contributed by atoms with E-state index < -0.39 is 24.6 Å². The maximum atomic E-state index is 13.6. The van der Waals surface area contributed by atoms with Gasteiger partial charge in [-0.2, -0.15) is 10.1 Å². The zero-order chi connectivity index (χ0) is 25.7. The number of benzene rings is 1. The lowest BCUT2D eigenvalue weighted by Crippen LogP contribution is -2.20. The lowest BCUT2D eigenvalue weighted by molar-refractivity contribution is -0.139. The summed E-state index contributed by atoms with van der Waals surface area (Å²) in [5, 5.41) is 33.1. The summed E-state index contributed by atoms with van der Waals surface area (Å²) in [4.78, 5) is 26.2. The van der Waals surface area contributed by atoms with E-state index in [1.54, 1.807) is 41.9 Å². The smallest absolute Gasteiger partial charge is 0.305 e. The number of anilines is 2. The second-order valence-corrected chi connectivity index (χ2v) is 8.49. The minimum Gasteiger partial charge on any atom is -0.481 e. The maximum absolute atomic E-state index is 13.6. The van der Waals surface area contributed by atoms with E-state index in [0.29, 0.717) is 34.4 Å². The van der Waals surface area contributed by atoms with Crippen LogP contribution in [-0.2, 0) is 11.8 Å². The van der Waals surface area contributed by atoms with Gasteiger partial charge in [0.1, 0.15) is 12.1 Å². The SMILES string of the molecule is CC(C)c1n[14c](N(C)c2ncnn2C)nc(-c2ccc(F)cc2)c1/C=C/[C@@H](O)C[C@@H](O)CC(=O)O.N. The Morgan fingerprint density at radius 2 is 1.89 bits per heavy atom. The van der Waals surface area contributed by atoms with E-state index in [4.69, 9.17) is 15.1 Å². The Kier molecular flexibility index (Phi) is 9.73. The molecule has 3 rings (SSSR count). The molecule has 0 radical (unpaired) electrons. The summed E-state index contributed by atoms with van der Waals surface area (Å²) in [6, 6.07) is 5.89. The van der Waals surface area contributed by atoms with E-state index in [9.17, 15) is 19.4 Å². The third-order valence-electron chi connectivity index (χ3n) is 5.32. The Morgan fingerprint density at radius 3 is 2.44 bits per heavy atom. The predicted molar refractivity (Wildman–Crippen MR) is 134 cm³/mol. The number of aromatic nitrogens is 5. The van der Waals surface area contributed by atoms with Gasteiger partial charge < -0.3 is 21.5 Å². The van der Waals surface area contributed by atoms with Gasteiger partial charge in [0.05, 0.1) is 30.0 Å². The van der Waals surface area contributed by atoms with Crippen LogP contribution in [0, 0.1) is 5.82 Å². The van der Waals surface area contributed by atoms with Gasteiger partial charge in [-0.25, -0.2) is 19.0 Å². The summed E-state index contributed by atoms with van der Waals surface area (Å²) >= 11 is 0. The van der Waals surface area contributed by atoms with E-state index in [2.05, 4.69) is 10.1 Å². The molecule has 0 spiro atoms. The van der Waals surface area contributed by atoms with Crippen LogP contribution in [0.25, 0.3) is 17.3 Å². The number of aliphatic hydroxyl groups is 2. The molecule has 0 fully saturated rings. The molecule has 0 saturated carbocycles. The van der Waals surface area contributed by atoms with Crippen molar-refractivity contribution in [2.45, 2.75) is 44.8 Å². The molecule has 0 unspecified atom stereocenters. The molecule has 0 amide bonds. The summed E-state index contributed by atoms with van der Waals surface area (Å²) in [6.07, 6.45) is 1.66. The van der Waals surface area contributed by atoms with Crippen molar-refractivity contribution in [3.8, 4) is 11.3 Å². The Bertz CT molecular complexity index is 1200. The molecule has 0 saturated heterocycles. The number of rotatable bonds is 10. The highest BCUT2D eigenvalue weighted by Crippen LogP contribution is 2.32. The Hall–Kier alpha value is -3.74. The highest BCUT2D eigenvalue weighted by atomic mass is 19.1. The summed E-state index contributed by atoms with van der Waals surface area (Å²) < 4.78 is 15.2. The van der Waals surface area contributed by atoms with E-state index in [-0.39, 0.29) is 24.3 Å². The minimum absolute atomic E-state index is 0. The first-order valence-electron chi connectivity index (χ1n) is 11.1. The molecule has 0 aliphatic carbocycles. The highest BCUT2D eigenvalue weighted by molar-refractivity contribution is 5.75. The molecule has 2 heterocycles. The summed E-state index contributed by atoms with van der Waals surface area (Å²) in [5.41, 5.74) is 2.46. The van der Waals surface area contributed by atoms with Gasteiger partial charge in [-0.05, 0) is 30.2 Å². The van der Waals surface area contributed by atoms with Crippen molar-refractivity contribution in [1.82, 2.24) is 30.9 Å². The Balaban J connectivity index is 0.00000456. The molecule has 36 heavy (non-hydrogen) atoms. The van der Waals surface area contributed by atoms with Crippen molar-refractivity contribution in [3.05, 3.63) is 53.7 Å². The fraction of sp³-hybridized carbons (Fsp3) is 0.375. The molecule has 0 bridgehead atoms. The predicted octanol–water partition coefficient (Wildman–Crippen LogP) is 3.06. The second kappa shape index (κ2) is 12.3. The van der Waals surface area contributed by atoms with Crippen LogP contribution in [0.3, 0.4) is 0 Å². The van der Waals surface area contributed by atoms with Gasteiger partial charge in [-0.3, -0.25) is 9.69 Å². The molecule has 6 N–H and O–H groups in total. The van der Waals surface area contributed by atoms with Crippen LogP contribution in [0.1, 0.15) is 43.9 Å². The minimum atomic E-state index is -1.19. The Morgan fingerprint density at radius 1 is 1.22 bits per heavy atom. The molecule has 0 aliphatic rings. The summed E-state index contributed by atoms with van der Waals surface area (Å²) in [5.74, 6) is -0.693. The first kappa shape index (κ1) is 28.5. The van der Waals surface area contributed by atoms with Crippen LogP contribution in [0.4, 0.5) is 16.3 Å². The molecule has 0 aliphatic heterocycles. The van der Waals surface area contributed by atoms with Crippen LogP contribution < -0.4 is 11.1 Å². The van der Waals surface area contributed by atoms with Crippen molar-refractivity contribution in [3.63, 3.8) is 0 Å². The average molecular weight is 504 g/mol.